The van der Waals surface area contributed by atoms with Gasteiger partial charge in [0.1, 0.15) is 5.82 Å². The number of carboxylic acids is 1. The molecule has 3 heterocycles. The average molecular weight is 376 g/mol. The number of amides is 1. The number of carbonyl (C=O) groups excluding carboxylic acids is 1. The highest BCUT2D eigenvalue weighted by Gasteiger charge is 2.55. The van der Waals surface area contributed by atoms with Crippen LogP contribution in [0.25, 0.3) is 11.3 Å². The molecular formula is C18H17FN2O4S. The lowest BCUT2D eigenvalue weighted by Gasteiger charge is -2.23. The number of carboxylic acid groups (broad SMARTS) is 1. The Morgan fingerprint density at radius 2 is 1.88 bits per heavy atom. The van der Waals surface area contributed by atoms with Gasteiger partial charge in [0.05, 0.1) is 29.7 Å². The number of aryl methyl sites for hydroxylation is 1. The number of carbonyl (C=O) groups is 2. The summed E-state index contributed by atoms with van der Waals surface area (Å²) < 4.78 is 18.7. The van der Waals surface area contributed by atoms with Crippen molar-refractivity contribution in [2.24, 2.45) is 11.8 Å². The van der Waals surface area contributed by atoms with Gasteiger partial charge in [-0.25, -0.2) is 9.37 Å². The number of nitrogens with one attached hydrogen (secondary N) is 1. The Labute approximate surface area is 153 Å². The number of aromatic nitrogens is 1. The van der Waals surface area contributed by atoms with E-state index in [0.29, 0.717) is 23.7 Å². The minimum Gasteiger partial charge on any atom is -0.481 e. The predicted octanol–water partition coefficient (Wildman–Crippen LogP) is 3.07. The summed E-state index contributed by atoms with van der Waals surface area (Å²) in [6, 6.07) is 5.98. The molecule has 0 aliphatic carbocycles. The molecule has 4 atom stereocenters. The quantitative estimate of drug-likeness (QED) is 0.856. The summed E-state index contributed by atoms with van der Waals surface area (Å²) in [6.07, 6.45) is 0.639. The van der Waals surface area contributed by atoms with Crippen LogP contribution >= 0.6 is 11.3 Å². The molecule has 6 nitrogen and oxygen atoms in total. The van der Waals surface area contributed by atoms with E-state index < -0.39 is 17.8 Å². The first-order valence-electron chi connectivity index (χ1n) is 8.36. The van der Waals surface area contributed by atoms with E-state index in [-0.39, 0.29) is 23.9 Å². The summed E-state index contributed by atoms with van der Waals surface area (Å²) in [6.45, 7) is 1.87. The zero-order valence-electron chi connectivity index (χ0n) is 13.9. The topological polar surface area (TPSA) is 88.5 Å². The molecule has 1 aromatic heterocycles. The van der Waals surface area contributed by atoms with Crippen molar-refractivity contribution in [3.63, 3.8) is 0 Å². The number of anilines is 1. The Hall–Kier alpha value is -2.32. The number of fused-ring (bicyclic) bond motifs is 2. The van der Waals surface area contributed by atoms with Crippen molar-refractivity contribution < 1.29 is 23.8 Å². The van der Waals surface area contributed by atoms with Gasteiger partial charge < -0.3 is 15.2 Å². The van der Waals surface area contributed by atoms with Crippen molar-refractivity contribution in [3.8, 4) is 11.3 Å². The monoisotopic (exact) mass is 376 g/mol. The predicted molar refractivity (Wildman–Crippen MR) is 93.4 cm³/mol. The van der Waals surface area contributed by atoms with Crippen LogP contribution < -0.4 is 5.32 Å². The van der Waals surface area contributed by atoms with Gasteiger partial charge in [-0.15, -0.1) is 11.3 Å². The van der Waals surface area contributed by atoms with Gasteiger partial charge in [-0.2, -0.15) is 0 Å². The lowest BCUT2D eigenvalue weighted by Crippen LogP contribution is -2.40. The van der Waals surface area contributed by atoms with Crippen molar-refractivity contribution >= 4 is 28.3 Å². The van der Waals surface area contributed by atoms with Crippen LogP contribution in [0.5, 0.6) is 0 Å². The average Bonchev–Trinajstić information content (AvgIpc) is 3.29. The summed E-state index contributed by atoms with van der Waals surface area (Å²) in [4.78, 5) is 29.5. The number of halogens is 1. The van der Waals surface area contributed by atoms with Crippen LogP contribution in [0.15, 0.2) is 24.3 Å². The van der Waals surface area contributed by atoms with Crippen LogP contribution in [-0.4, -0.2) is 34.2 Å². The Balaban J connectivity index is 1.54. The molecule has 2 aliphatic rings. The van der Waals surface area contributed by atoms with Gasteiger partial charge in [0.2, 0.25) is 5.91 Å². The van der Waals surface area contributed by atoms with E-state index in [9.17, 15) is 19.1 Å². The molecule has 8 heteroatoms. The van der Waals surface area contributed by atoms with Gasteiger partial charge >= 0.3 is 5.97 Å². The number of hydrogen-bond acceptors (Lipinski definition) is 5. The molecule has 26 heavy (non-hydrogen) atoms. The second kappa shape index (κ2) is 6.44. The van der Waals surface area contributed by atoms with E-state index >= 15 is 0 Å². The second-order valence-electron chi connectivity index (χ2n) is 6.60. The minimum absolute atomic E-state index is 0.328. The van der Waals surface area contributed by atoms with Crippen molar-refractivity contribution in [1.29, 1.82) is 0 Å². The zero-order chi connectivity index (χ0) is 18.4. The molecule has 0 spiro atoms. The number of rotatable bonds is 4. The van der Waals surface area contributed by atoms with Gasteiger partial charge in [0.15, 0.2) is 5.13 Å². The standard InChI is InChI=1S/C18H17FN2O4S/c1-8-15(9-2-4-10(19)5-3-9)20-18(26-8)21-16(22)13-11-6-7-12(25-11)14(13)17(23)24/h2-5,11-14H,6-7H2,1H3,(H,23,24)(H,20,21,22)/t11-,12+,13-,14-/m0/s1. The Kier molecular flexibility index (Phi) is 4.24. The molecule has 4 rings (SSSR count). The van der Waals surface area contributed by atoms with E-state index in [4.69, 9.17) is 4.74 Å². The molecular weight excluding hydrogens is 359 g/mol. The highest BCUT2D eigenvalue weighted by atomic mass is 32.1. The van der Waals surface area contributed by atoms with Gasteiger partial charge in [-0.3, -0.25) is 9.59 Å². The number of thiazole rings is 1. The van der Waals surface area contributed by atoms with Crippen molar-refractivity contribution in [3.05, 3.63) is 35.0 Å². The summed E-state index contributed by atoms with van der Waals surface area (Å²) in [5, 5.41) is 12.6. The van der Waals surface area contributed by atoms with E-state index in [1.165, 1.54) is 23.5 Å². The Morgan fingerprint density at radius 1 is 1.23 bits per heavy atom. The highest BCUT2D eigenvalue weighted by molar-refractivity contribution is 7.16. The normalized spacial score (nSPS) is 26.8. The molecule has 2 N–H and O–H groups in total. The maximum atomic E-state index is 13.1. The third kappa shape index (κ3) is 2.89. The molecule has 1 amide bonds. The van der Waals surface area contributed by atoms with Crippen LogP contribution in [0, 0.1) is 24.6 Å². The van der Waals surface area contributed by atoms with Crippen LogP contribution in [0.3, 0.4) is 0 Å². The number of hydrogen-bond donors (Lipinski definition) is 2. The largest absolute Gasteiger partial charge is 0.481 e. The van der Waals surface area contributed by atoms with Gasteiger partial charge in [0, 0.05) is 10.4 Å². The van der Waals surface area contributed by atoms with Crippen LogP contribution in [0.4, 0.5) is 9.52 Å². The lowest BCUT2D eigenvalue weighted by atomic mass is 9.79. The highest BCUT2D eigenvalue weighted by Crippen LogP contribution is 2.44. The van der Waals surface area contributed by atoms with Crippen LogP contribution in [0.2, 0.25) is 0 Å². The summed E-state index contributed by atoms with van der Waals surface area (Å²) >= 11 is 1.31. The SMILES string of the molecule is Cc1sc(NC(=O)[C@@H]2[C@@H](C(=O)O)[C@H]3CC[C@@H]2O3)nc1-c1ccc(F)cc1. The first-order valence-corrected chi connectivity index (χ1v) is 9.18. The third-order valence-corrected chi connectivity index (χ3v) is 5.89. The van der Waals surface area contributed by atoms with E-state index in [1.807, 2.05) is 6.92 Å². The number of ether oxygens (including phenoxy) is 1. The van der Waals surface area contributed by atoms with Gasteiger partial charge in [-0.1, -0.05) is 0 Å². The molecule has 1 aromatic carbocycles. The zero-order valence-corrected chi connectivity index (χ0v) is 14.8. The summed E-state index contributed by atoms with van der Waals surface area (Å²) in [5.41, 5.74) is 1.43. The minimum atomic E-state index is -1.00. The lowest BCUT2D eigenvalue weighted by molar-refractivity contribution is -0.147. The molecule has 0 radical (unpaired) electrons. The van der Waals surface area contributed by atoms with Crippen LogP contribution in [-0.2, 0) is 14.3 Å². The van der Waals surface area contributed by atoms with E-state index in [1.54, 1.807) is 12.1 Å². The van der Waals surface area contributed by atoms with E-state index in [0.717, 1.165) is 10.4 Å². The van der Waals surface area contributed by atoms with Gasteiger partial charge in [-0.05, 0) is 44.0 Å². The van der Waals surface area contributed by atoms with E-state index in [2.05, 4.69) is 10.3 Å². The summed E-state index contributed by atoms with van der Waals surface area (Å²) in [7, 11) is 0. The Morgan fingerprint density at radius 3 is 2.54 bits per heavy atom. The molecule has 2 fully saturated rings. The second-order valence-corrected chi connectivity index (χ2v) is 7.80. The van der Waals surface area contributed by atoms with Gasteiger partial charge in [0.25, 0.3) is 0 Å². The van der Waals surface area contributed by atoms with Crippen molar-refractivity contribution in [2.75, 3.05) is 5.32 Å². The number of nitrogens with zero attached hydrogens (tertiary/aromatic N) is 1. The smallest absolute Gasteiger partial charge is 0.310 e. The fourth-order valence-electron chi connectivity index (χ4n) is 3.84. The molecule has 136 valence electrons. The molecule has 0 unspecified atom stereocenters. The molecule has 2 aromatic rings. The third-order valence-electron chi connectivity index (χ3n) is 5.01. The fourth-order valence-corrected chi connectivity index (χ4v) is 4.68. The van der Waals surface area contributed by atoms with Crippen molar-refractivity contribution in [1.82, 2.24) is 4.98 Å². The summed E-state index contributed by atoms with van der Waals surface area (Å²) in [5.74, 6) is -3.22. The molecule has 2 aliphatic heterocycles. The molecule has 0 saturated carbocycles. The molecule has 2 bridgehead atoms. The maximum Gasteiger partial charge on any atom is 0.310 e. The van der Waals surface area contributed by atoms with Crippen LogP contribution in [0.1, 0.15) is 17.7 Å². The number of benzene rings is 1. The Bertz CT molecular complexity index is 867. The molecule has 2 saturated heterocycles. The number of aliphatic carboxylic acids is 1. The maximum absolute atomic E-state index is 13.1. The first-order chi connectivity index (χ1) is 12.4. The first kappa shape index (κ1) is 17.1. The van der Waals surface area contributed by atoms with Crippen molar-refractivity contribution in [2.45, 2.75) is 32.0 Å². The fraction of sp³-hybridized carbons (Fsp3) is 0.389.